The van der Waals surface area contributed by atoms with Crippen molar-refractivity contribution in [2.45, 2.75) is 13.0 Å². The molecule has 3 amide bonds. The molecule has 8 heteroatoms. The Morgan fingerprint density at radius 3 is 2.41 bits per heavy atom. The molecule has 2 heterocycles. The van der Waals surface area contributed by atoms with Gasteiger partial charge in [-0.05, 0) is 48.6 Å². The van der Waals surface area contributed by atoms with E-state index in [0.29, 0.717) is 11.3 Å². The van der Waals surface area contributed by atoms with Crippen LogP contribution < -0.4 is 5.32 Å². The SMILES string of the molecule is O=C(Cn1cc(C=NN2C(=O)C3C4C=CC(C4)C3C2=O)c2ccccc21)Nc1ccc(F)cc1. The molecule has 170 valence electrons. The molecule has 4 atom stereocenters. The highest BCUT2D eigenvalue weighted by molar-refractivity contribution is 6.08. The number of benzene rings is 2. The number of aromatic nitrogens is 1. The van der Waals surface area contributed by atoms with Gasteiger partial charge >= 0.3 is 0 Å². The summed E-state index contributed by atoms with van der Waals surface area (Å²) in [5, 5.41) is 8.91. The third-order valence-corrected chi connectivity index (χ3v) is 7.02. The van der Waals surface area contributed by atoms with E-state index in [4.69, 9.17) is 0 Å². The van der Waals surface area contributed by atoms with Crippen LogP contribution >= 0.6 is 0 Å². The third-order valence-electron chi connectivity index (χ3n) is 7.02. The number of nitrogens with one attached hydrogen (secondary N) is 1. The van der Waals surface area contributed by atoms with Crippen LogP contribution in [-0.4, -0.2) is 33.5 Å². The fraction of sp³-hybridized carbons (Fsp3) is 0.231. The summed E-state index contributed by atoms with van der Waals surface area (Å²) >= 11 is 0. The fourth-order valence-electron chi connectivity index (χ4n) is 5.52. The molecule has 1 saturated carbocycles. The summed E-state index contributed by atoms with van der Waals surface area (Å²) in [6.07, 6.45) is 8.26. The topological polar surface area (TPSA) is 83.8 Å². The van der Waals surface area contributed by atoms with Crippen LogP contribution in [0.1, 0.15) is 12.0 Å². The Hall–Kier alpha value is -4.07. The molecule has 4 unspecified atom stereocenters. The van der Waals surface area contributed by atoms with Crippen LogP contribution in [0.5, 0.6) is 0 Å². The first-order chi connectivity index (χ1) is 16.5. The van der Waals surface area contributed by atoms with Crippen LogP contribution in [0.25, 0.3) is 10.9 Å². The zero-order valence-corrected chi connectivity index (χ0v) is 18.1. The van der Waals surface area contributed by atoms with E-state index in [-0.39, 0.29) is 53.8 Å². The van der Waals surface area contributed by atoms with Crippen molar-refractivity contribution in [1.29, 1.82) is 0 Å². The van der Waals surface area contributed by atoms with Crippen molar-refractivity contribution in [2.75, 3.05) is 5.32 Å². The van der Waals surface area contributed by atoms with Gasteiger partial charge in [0.1, 0.15) is 12.4 Å². The minimum atomic E-state index is -0.374. The number of hydrazone groups is 1. The highest BCUT2D eigenvalue weighted by Gasteiger charge is 2.59. The molecule has 2 bridgehead atoms. The number of rotatable bonds is 5. The van der Waals surface area contributed by atoms with Crippen LogP contribution in [0.2, 0.25) is 0 Å². The number of para-hydroxylation sites is 1. The number of carbonyl (C=O) groups excluding carboxylic acids is 3. The Labute approximate surface area is 194 Å². The maximum Gasteiger partial charge on any atom is 0.254 e. The Morgan fingerprint density at radius 1 is 1.03 bits per heavy atom. The molecule has 1 aromatic heterocycles. The lowest BCUT2D eigenvalue weighted by molar-refractivity contribution is -0.140. The largest absolute Gasteiger partial charge is 0.337 e. The van der Waals surface area contributed by atoms with Gasteiger partial charge in [0.2, 0.25) is 5.91 Å². The maximum atomic E-state index is 13.1. The summed E-state index contributed by atoms with van der Waals surface area (Å²) in [4.78, 5) is 38.4. The second-order valence-corrected chi connectivity index (χ2v) is 9.02. The number of allylic oxidation sites excluding steroid dienone is 2. The van der Waals surface area contributed by atoms with Gasteiger partial charge in [0.15, 0.2) is 0 Å². The number of carbonyl (C=O) groups is 3. The highest BCUT2D eigenvalue weighted by atomic mass is 19.1. The highest BCUT2D eigenvalue weighted by Crippen LogP contribution is 2.52. The quantitative estimate of drug-likeness (QED) is 0.362. The van der Waals surface area contributed by atoms with E-state index in [0.717, 1.165) is 22.3 Å². The van der Waals surface area contributed by atoms with E-state index in [1.165, 1.54) is 30.5 Å². The molecule has 0 spiro atoms. The second kappa shape index (κ2) is 7.76. The van der Waals surface area contributed by atoms with Gasteiger partial charge in [-0.25, -0.2) is 4.39 Å². The number of anilines is 1. The standard InChI is InChI=1S/C26H21FN4O3/c27-18-7-9-19(10-8-18)29-22(32)14-30-13-17(20-3-1-2-4-21(20)30)12-28-31-25(33)23-15-5-6-16(11-15)24(23)26(31)34/h1-10,12-13,15-16,23-24H,11,14H2,(H,29,32). The summed E-state index contributed by atoms with van der Waals surface area (Å²) in [6.45, 7) is 0.0342. The number of hydrogen-bond donors (Lipinski definition) is 1. The monoisotopic (exact) mass is 456 g/mol. The molecule has 1 N–H and O–H groups in total. The molecular weight excluding hydrogens is 435 g/mol. The fourth-order valence-corrected chi connectivity index (χ4v) is 5.52. The van der Waals surface area contributed by atoms with Crippen molar-refractivity contribution in [3.05, 3.63) is 78.3 Å². The van der Waals surface area contributed by atoms with Crippen molar-refractivity contribution in [3.8, 4) is 0 Å². The predicted octanol–water partition coefficient (Wildman–Crippen LogP) is 3.56. The van der Waals surface area contributed by atoms with Gasteiger partial charge in [-0.1, -0.05) is 30.4 Å². The lowest BCUT2D eigenvalue weighted by Crippen LogP contribution is -2.28. The Morgan fingerprint density at radius 2 is 1.71 bits per heavy atom. The molecule has 0 radical (unpaired) electrons. The van der Waals surface area contributed by atoms with Crippen LogP contribution in [0.4, 0.5) is 10.1 Å². The van der Waals surface area contributed by atoms with Crippen molar-refractivity contribution >= 4 is 40.5 Å². The van der Waals surface area contributed by atoms with Crippen molar-refractivity contribution in [2.24, 2.45) is 28.8 Å². The molecule has 2 fully saturated rings. The number of halogens is 1. The summed E-state index contributed by atoms with van der Waals surface area (Å²) < 4.78 is 14.9. The first kappa shape index (κ1) is 20.5. The van der Waals surface area contributed by atoms with E-state index in [9.17, 15) is 18.8 Å². The average molecular weight is 456 g/mol. The van der Waals surface area contributed by atoms with Gasteiger partial charge in [0.05, 0.1) is 18.1 Å². The number of fused-ring (bicyclic) bond motifs is 6. The summed E-state index contributed by atoms with van der Waals surface area (Å²) in [5.41, 5.74) is 2.02. The van der Waals surface area contributed by atoms with E-state index >= 15 is 0 Å². The number of hydrogen-bond acceptors (Lipinski definition) is 4. The van der Waals surface area contributed by atoms with Crippen LogP contribution in [0, 0.1) is 29.5 Å². The van der Waals surface area contributed by atoms with Crippen LogP contribution in [0.15, 0.2) is 72.0 Å². The molecule has 2 aliphatic carbocycles. The maximum absolute atomic E-state index is 13.1. The smallest absolute Gasteiger partial charge is 0.254 e. The molecule has 7 nitrogen and oxygen atoms in total. The van der Waals surface area contributed by atoms with E-state index < -0.39 is 0 Å². The lowest BCUT2D eigenvalue weighted by Gasteiger charge is -2.13. The van der Waals surface area contributed by atoms with Gasteiger partial charge in [-0.2, -0.15) is 10.1 Å². The number of imide groups is 1. The molecule has 1 aliphatic heterocycles. The predicted molar refractivity (Wildman–Crippen MR) is 124 cm³/mol. The Kier molecular flexibility index (Phi) is 4.69. The molecule has 2 aromatic carbocycles. The van der Waals surface area contributed by atoms with E-state index in [1.807, 2.05) is 24.3 Å². The molecule has 1 saturated heterocycles. The second-order valence-electron chi connectivity index (χ2n) is 9.02. The molecule has 3 aromatic rings. The first-order valence-electron chi connectivity index (χ1n) is 11.2. The van der Waals surface area contributed by atoms with Gasteiger partial charge < -0.3 is 9.88 Å². The van der Waals surface area contributed by atoms with Gasteiger partial charge in [-0.3, -0.25) is 14.4 Å². The third kappa shape index (κ3) is 3.25. The normalized spacial score (nSPS) is 25.1. The van der Waals surface area contributed by atoms with Crippen LogP contribution in [0.3, 0.4) is 0 Å². The summed E-state index contributed by atoms with van der Waals surface area (Å²) in [6, 6.07) is 13.1. The van der Waals surface area contributed by atoms with Crippen molar-refractivity contribution in [3.63, 3.8) is 0 Å². The molecule has 6 rings (SSSR count). The zero-order chi connectivity index (χ0) is 23.4. The Bertz CT molecular complexity index is 1360. The van der Waals surface area contributed by atoms with Gasteiger partial charge in [-0.15, -0.1) is 0 Å². The minimum Gasteiger partial charge on any atom is -0.337 e. The zero-order valence-electron chi connectivity index (χ0n) is 18.1. The van der Waals surface area contributed by atoms with E-state index in [2.05, 4.69) is 22.6 Å². The molecular formula is C26H21FN4O3. The minimum absolute atomic E-state index is 0.0342. The summed E-state index contributed by atoms with van der Waals surface area (Å²) in [5.74, 6) is -1.43. The molecule has 34 heavy (non-hydrogen) atoms. The Balaban J connectivity index is 1.24. The lowest BCUT2D eigenvalue weighted by atomic mass is 9.85. The van der Waals surface area contributed by atoms with Crippen LogP contribution in [-0.2, 0) is 20.9 Å². The molecule has 3 aliphatic rings. The van der Waals surface area contributed by atoms with Crippen molar-refractivity contribution < 1.29 is 18.8 Å². The summed E-state index contributed by atoms with van der Waals surface area (Å²) in [7, 11) is 0. The average Bonchev–Trinajstić information content (AvgIpc) is 3.58. The van der Waals surface area contributed by atoms with Gasteiger partial charge in [0, 0.05) is 28.4 Å². The van der Waals surface area contributed by atoms with Gasteiger partial charge in [0.25, 0.3) is 11.8 Å². The van der Waals surface area contributed by atoms with Crippen molar-refractivity contribution in [1.82, 2.24) is 9.58 Å². The van der Waals surface area contributed by atoms with E-state index in [1.54, 1.807) is 10.8 Å². The number of nitrogens with zero attached hydrogens (tertiary/aromatic N) is 3. The number of amides is 3. The first-order valence-corrected chi connectivity index (χ1v) is 11.2.